The monoisotopic (exact) mass is 285 g/mol. The maximum Gasteiger partial charge on any atom is 0.307 e. The van der Waals surface area contributed by atoms with Crippen LogP contribution in [0.3, 0.4) is 0 Å². The minimum atomic E-state index is -0.784. The summed E-state index contributed by atoms with van der Waals surface area (Å²) in [5.74, 6) is -1.41. The third kappa shape index (κ3) is 5.49. The maximum absolute atomic E-state index is 11.1. The Hall–Kier alpha value is -1.10. The average molecular weight is 285 g/mol. The van der Waals surface area contributed by atoms with Crippen molar-refractivity contribution in [3.63, 3.8) is 0 Å². The molecule has 2 N–H and O–H groups in total. The van der Waals surface area contributed by atoms with Crippen molar-refractivity contribution >= 4 is 11.9 Å². The van der Waals surface area contributed by atoms with E-state index in [1.54, 1.807) is 6.92 Å². The van der Waals surface area contributed by atoms with Crippen molar-refractivity contribution in [3.05, 3.63) is 0 Å². The van der Waals surface area contributed by atoms with Crippen molar-refractivity contribution in [1.29, 1.82) is 0 Å². The molecule has 0 amide bonds. The van der Waals surface area contributed by atoms with Gasteiger partial charge >= 0.3 is 11.9 Å². The van der Waals surface area contributed by atoms with Gasteiger partial charge in [-0.2, -0.15) is 0 Å². The zero-order chi connectivity index (χ0) is 15.1. The molecule has 1 aliphatic rings. The molecule has 116 valence electrons. The largest absolute Gasteiger partial charge is 0.481 e. The second kappa shape index (κ2) is 8.25. The van der Waals surface area contributed by atoms with E-state index >= 15 is 0 Å². The zero-order valence-corrected chi connectivity index (χ0v) is 12.5. The predicted molar refractivity (Wildman–Crippen MR) is 76.7 cm³/mol. The van der Waals surface area contributed by atoms with Crippen LogP contribution in [0.5, 0.6) is 0 Å². The lowest BCUT2D eigenvalue weighted by Crippen LogP contribution is -2.45. The molecule has 0 aromatic carbocycles. The van der Waals surface area contributed by atoms with E-state index in [4.69, 9.17) is 10.2 Å². The van der Waals surface area contributed by atoms with Crippen molar-refractivity contribution in [2.24, 2.45) is 11.8 Å². The molecule has 5 nitrogen and oxygen atoms in total. The van der Waals surface area contributed by atoms with E-state index < -0.39 is 17.9 Å². The second-order valence-corrected chi connectivity index (χ2v) is 6.06. The molecule has 3 atom stereocenters. The van der Waals surface area contributed by atoms with Gasteiger partial charge in [-0.15, -0.1) is 0 Å². The van der Waals surface area contributed by atoms with Crippen LogP contribution in [0.25, 0.3) is 0 Å². The van der Waals surface area contributed by atoms with E-state index in [1.165, 1.54) is 19.3 Å². The van der Waals surface area contributed by atoms with Crippen LogP contribution in [0, 0.1) is 11.8 Å². The van der Waals surface area contributed by atoms with Crippen molar-refractivity contribution < 1.29 is 19.8 Å². The number of hydrogen-bond acceptors (Lipinski definition) is 3. The molecule has 0 aromatic rings. The summed E-state index contributed by atoms with van der Waals surface area (Å²) in [6, 6.07) is 0.402. The van der Waals surface area contributed by atoms with Gasteiger partial charge in [0.15, 0.2) is 0 Å². The van der Waals surface area contributed by atoms with E-state index in [0.29, 0.717) is 31.5 Å². The summed E-state index contributed by atoms with van der Waals surface area (Å²) in [7, 11) is 0. The summed E-state index contributed by atoms with van der Waals surface area (Å²) >= 11 is 0. The number of carboxylic acid groups (broad SMARTS) is 2. The summed E-state index contributed by atoms with van der Waals surface area (Å²) in [6.07, 6.45) is 5.45. The highest BCUT2D eigenvalue weighted by Gasteiger charge is 2.29. The predicted octanol–water partition coefficient (Wildman–Crippen LogP) is 2.45. The number of hydrogen-bond donors (Lipinski definition) is 2. The normalized spacial score (nSPS) is 24.6. The van der Waals surface area contributed by atoms with Crippen molar-refractivity contribution in [2.45, 2.75) is 58.4 Å². The van der Waals surface area contributed by atoms with Crippen LogP contribution in [-0.4, -0.2) is 46.2 Å². The zero-order valence-electron chi connectivity index (χ0n) is 12.5. The first-order chi connectivity index (χ1) is 9.41. The van der Waals surface area contributed by atoms with Gasteiger partial charge in [0.05, 0.1) is 5.92 Å². The van der Waals surface area contributed by atoms with Gasteiger partial charge in [0.1, 0.15) is 0 Å². The van der Waals surface area contributed by atoms with Crippen molar-refractivity contribution in [2.75, 3.05) is 13.1 Å². The van der Waals surface area contributed by atoms with Crippen molar-refractivity contribution in [3.8, 4) is 0 Å². The topological polar surface area (TPSA) is 77.8 Å². The van der Waals surface area contributed by atoms with E-state index in [1.807, 2.05) is 0 Å². The maximum atomic E-state index is 11.1. The molecule has 5 heteroatoms. The number of carboxylic acids is 2. The lowest BCUT2D eigenvalue weighted by molar-refractivity contribution is -0.142. The molecule has 1 rings (SSSR count). The Labute approximate surface area is 121 Å². The summed E-state index contributed by atoms with van der Waals surface area (Å²) in [5.41, 5.74) is 0. The Kier molecular flexibility index (Phi) is 6.99. The second-order valence-electron chi connectivity index (χ2n) is 6.06. The first-order valence-electron chi connectivity index (χ1n) is 7.60. The average Bonchev–Trinajstić information content (AvgIpc) is 2.37. The summed E-state index contributed by atoms with van der Waals surface area (Å²) < 4.78 is 0. The minimum Gasteiger partial charge on any atom is -0.481 e. The molecular formula is C15H27NO4. The Morgan fingerprint density at radius 1 is 1.25 bits per heavy atom. The summed E-state index contributed by atoms with van der Waals surface area (Å²) in [5, 5.41) is 17.8. The van der Waals surface area contributed by atoms with Crippen LogP contribution in [-0.2, 0) is 9.59 Å². The highest BCUT2D eigenvalue weighted by molar-refractivity contribution is 5.69. The summed E-state index contributed by atoms with van der Waals surface area (Å²) in [4.78, 5) is 23.9. The molecule has 20 heavy (non-hydrogen) atoms. The van der Waals surface area contributed by atoms with Gasteiger partial charge < -0.3 is 10.2 Å². The third-order valence-corrected chi connectivity index (χ3v) is 4.30. The van der Waals surface area contributed by atoms with Gasteiger partial charge in [0.2, 0.25) is 0 Å². The van der Waals surface area contributed by atoms with E-state index in [9.17, 15) is 9.59 Å². The fourth-order valence-electron chi connectivity index (χ4n) is 3.09. The molecule has 0 aliphatic heterocycles. The molecule has 0 radical (unpaired) electrons. The fourth-order valence-corrected chi connectivity index (χ4v) is 3.09. The number of rotatable bonds is 8. The van der Waals surface area contributed by atoms with E-state index in [-0.39, 0.29) is 6.42 Å². The highest BCUT2D eigenvalue weighted by atomic mass is 16.4. The molecule has 1 saturated carbocycles. The lowest BCUT2D eigenvalue weighted by Gasteiger charge is -2.39. The molecule has 0 aromatic heterocycles. The Balaban J connectivity index is 2.61. The third-order valence-electron chi connectivity index (χ3n) is 4.30. The van der Waals surface area contributed by atoms with Gasteiger partial charge in [-0.25, -0.2) is 0 Å². The van der Waals surface area contributed by atoms with Crippen LogP contribution >= 0.6 is 0 Å². The van der Waals surface area contributed by atoms with Gasteiger partial charge in [0, 0.05) is 19.0 Å². The van der Waals surface area contributed by atoms with Gasteiger partial charge in [-0.05, 0) is 31.7 Å². The van der Waals surface area contributed by atoms with Crippen LogP contribution in [0.15, 0.2) is 0 Å². The van der Waals surface area contributed by atoms with Crippen LogP contribution in [0.1, 0.15) is 52.4 Å². The standard InChI is InChI=1S/C15H27NO4/c1-11-6-3-4-7-13(11)16(9-5-8-14(17)18)10-12(2)15(19)20/h11-13H,3-10H2,1-2H3,(H,17,18)(H,19,20). The lowest BCUT2D eigenvalue weighted by atomic mass is 9.84. The molecule has 0 spiro atoms. The van der Waals surface area contributed by atoms with Crippen LogP contribution < -0.4 is 0 Å². The quantitative estimate of drug-likeness (QED) is 0.716. The van der Waals surface area contributed by atoms with Gasteiger partial charge in [-0.3, -0.25) is 14.5 Å². The van der Waals surface area contributed by atoms with Crippen LogP contribution in [0.4, 0.5) is 0 Å². The smallest absolute Gasteiger partial charge is 0.307 e. The molecule has 0 bridgehead atoms. The first-order valence-corrected chi connectivity index (χ1v) is 7.60. The Bertz CT molecular complexity index is 332. The first kappa shape index (κ1) is 17.0. The number of aliphatic carboxylic acids is 2. The SMILES string of the molecule is CC(CN(CCCC(=O)O)C1CCCCC1C)C(=O)O. The molecule has 0 heterocycles. The van der Waals surface area contributed by atoms with E-state index in [2.05, 4.69) is 11.8 Å². The Morgan fingerprint density at radius 3 is 2.45 bits per heavy atom. The Morgan fingerprint density at radius 2 is 1.90 bits per heavy atom. The number of carbonyl (C=O) groups is 2. The summed E-state index contributed by atoms with van der Waals surface area (Å²) in [6.45, 7) is 5.14. The van der Waals surface area contributed by atoms with Crippen molar-refractivity contribution in [1.82, 2.24) is 4.90 Å². The molecular weight excluding hydrogens is 258 g/mol. The van der Waals surface area contributed by atoms with Gasteiger partial charge in [0.25, 0.3) is 0 Å². The minimum absolute atomic E-state index is 0.152. The highest BCUT2D eigenvalue weighted by Crippen LogP contribution is 2.28. The molecule has 3 unspecified atom stereocenters. The fraction of sp³-hybridized carbons (Fsp3) is 0.867. The molecule has 0 saturated heterocycles. The molecule has 1 aliphatic carbocycles. The molecule has 1 fully saturated rings. The number of nitrogens with zero attached hydrogens (tertiary/aromatic N) is 1. The van der Waals surface area contributed by atoms with Gasteiger partial charge in [-0.1, -0.05) is 26.7 Å². The van der Waals surface area contributed by atoms with Crippen LogP contribution in [0.2, 0.25) is 0 Å². The van der Waals surface area contributed by atoms with E-state index in [0.717, 1.165) is 6.42 Å².